The Hall–Kier alpha value is -1.20. The lowest BCUT2D eigenvalue weighted by molar-refractivity contribution is 0.256. The maximum Gasteiger partial charge on any atom is 0.141 e. The summed E-state index contributed by atoms with van der Waals surface area (Å²) in [5.41, 5.74) is 6.49. The van der Waals surface area contributed by atoms with Crippen molar-refractivity contribution in [2.75, 3.05) is 39.5 Å². The van der Waals surface area contributed by atoms with Crippen molar-refractivity contribution in [2.45, 2.75) is 19.9 Å². The number of anilines is 1. The van der Waals surface area contributed by atoms with Crippen molar-refractivity contribution in [1.29, 1.82) is 0 Å². The molecule has 0 aliphatic rings. The fourth-order valence-corrected chi connectivity index (χ4v) is 1.64. The first-order valence-electron chi connectivity index (χ1n) is 6.05. The molecule has 0 saturated carbocycles. The van der Waals surface area contributed by atoms with E-state index < -0.39 is 0 Å². The minimum absolute atomic E-state index is 0.476. The molecule has 17 heavy (non-hydrogen) atoms. The number of rotatable bonds is 7. The molecule has 0 saturated heterocycles. The Balaban J connectivity index is 2.38. The van der Waals surface area contributed by atoms with Crippen LogP contribution in [0.1, 0.15) is 19.0 Å². The predicted octanol–water partition coefficient (Wildman–Crippen LogP) is 0.832. The molecule has 0 aliphatic carbocycles. The van der Waals surface area contributed by atoms with E-state index in [4.69, 9.17) is 5.73 Å². The van der Waals surface area contributed by atoms with E-state index in [2.05, 4.69) is 40.8 Å². The summed E-state index contributed by atoms with van der Waals surface area (Å²) in [4.78, 5) is 12.9. The molecule has 0 fully saturated rings. The molecule has 5 nitrogen and oxygen atoms in total. The van der Waals surface area contributed by atoms with Crippen LogP contribution in [0.15, 0.2) is 12.4 Å². The van der Waals surface area contributed by atoms with Gasteiger partial charge in [-0.15, -0.1) is 0 Å². The summed E-state index contributed by atoms with van der Waals surface area (Å²) < 4.78 is 0. The molecule has 0 amide bonds. The van der Waals surface area contributed by atoms with Gasteiger partial charge in [0.05, 0.1) is 18.1 Å². The lowest BCUT2D eigenvalue weighted by Crippen LogP contribution is -2.27. The van der Waals surface area contributed by atoms with Gasteiger partial charge in [-0.25, -0.2) is 4.98 Å². The Bertz CT molecular complexity index is 309. The van der Waals surface area contributed by atoms with Crippen LogP contribution in [0.5, 0.6) is 0 Å². The average Bonchev–Trinajstić information content (AvgIpc) is 2.30. The van der Waals surface area contributed by atoms with Crippen molar-refractivity contribution >= 4 is 5.82 Å². The van der Waals surface area contributed by atoms with E-state index in [1.807, 2.05) is 0 Å². The van der Waals surface area contributed by atoms with Crippen LogP contribution in [0.25, 0.3) is 0 Å². The normalized spacial score (nSPS) is 11.4. The van der Waals surface area contributed by atoms with Crippen LogP contribution >= 0.6 is 0 Å². The number of nitrogen functional groups attached to an aromatic ring is 1. The second-order valence-electron chi connectivity index (χ2n) is 4.46. The van der Waals surface area contributed by atoms with Gasteiger partial charge in [-0.3, -0.25) is 9.88 Å². The van der Waals surface area contributed by atoms with Gasteiger partial charge in [-0.2, -0.15) is 0 Å². The Morgan fingerprint density at radius 2 is 1.94 bits per heavy atom. The molecule has 1 rings (SSSR count). The van der Waals surface area contributed by atoms with Crippen LogP contribution in [0.4, 0.5) is 5.82 Å². The fourth-order valence-electron chi connectivity index (χ4n) is 1.64. The Labute approximate surface area is 104 Å². The van der Waals surface area contributed by atoms with Gasteiger partial charge < -0.3 is 10.6 Å². The van der Waals surface area contributed by atoms with Gasteiger partial charge in [0.1, 0.15) is 5.82 Å². The fraction of sp³-hybridized carbons (Fsp3) is 0.667. The van der Waals surface area contributed by atoms with E-state index in [9.17, 15) is 0 Å². The number of nitrogens with two attached hydrogens (primary N) is 1. The largest absolute Gasteiger partial charge is 0.382 e. The summed E-state index contributed by atoms with van der Waals surface area (Å²) in [6.07, 6.45) is 4.54. The van der Waals surface area contributed by atoms with Crippen molar-refractivity contribution in [1.82, 2.24) is 19.8 Å². The van der Waals surface area contributed by atoms with E-state index in [0.717, 1.165) is 31.9 Å². The minimum atomic E-state index is 0.476. The smallest absolute Gasteiger partial charge is 0.141 e. The molecule has 2 N–H and O–H groups in total. The molecule has 0 radical (unpaired) electrons. The third-order valence-electron chi connectivity index (χ3n) is 2.64. The van der Waals surface area contributed by atoms with E-state index in [1.54, 1.807) is 12.4 Å². The third-order valence-corrected chi connectivity index (χ3v) is 2.64. The Kier molecular flexibility index (Phi) is 5.86. The monoisotopic (exact) mass is 237 g/mol. The number of aromatic nitrogens is 2. The molecule has 0 aliphatic heterocycles. The van der Waals surface area contributed by atoms with Crippen molar-refractivity contribution in [3.8, 4) is 0 Å². The quantitative estimate of drug-likeness (QED) is 0.761. The standard InChI is InChI=1S/C12H23N5/c1-4-17(7-5-6-16(2)3)10-11-8-15-12(13)9-14-11/h8-9H,4-7,10H2,1-3H3,(H2,13,15). The summed E-state index contributed by atoms with van der Waals surface area (Å²) in [6.45, 7) is 6.24. The third kappa shape index (κ3) is 5.60. The summed E-state index contributed by atoms with van der Waals surface area (Å²) in [5, 5.41) is 0. The summed E-state index contributed by atoms with van der Waals surface area (Å²) in [7, 11) is 4.20. The molecule has 1 aromatic rings. The second kappa shape index (κ2) is 7.19. The van der Waals surface area contributed by atoms with Gasteiger partial charge in [0, 0.05) is 6.54 Å². The zero-order chi connectivity index (χ0) is 12.7. The van der Waals surface area contributed by atoms with Crippen LogP contribution in [0.2, 0.25) is 0 Å². The molecule has 0 unspecified atom stereocenters. The van der Waals surface area contributed by atoms with Crippen molar-refractivity contribution in [3.63, 3.8) is 0 Å². The molecule has 96 valence electrons. The highest BCUT2D eigenvalue weighted by atomic mass is 15.1. The van der Waals surface area contributed by atoms with E-state index >= 15 is 0 Å². The van der Waals surface area contributed by atoms with E-state index in [0.29, 0.717) is 5.82 Å². The highest BCUT2D eigenvalue weighted by Gasteiger charge is 2.05. The molecule has 1 aromatic heterocycles. The number of hydrogen-bond donors (Lipinski definition) is 1. The number of nitrogens with zero attached hydrogens (tertiary/aromatic N) is 4. The first-order chi connectivity index (χ1) is 8.11. The SMILES string of the molecule is CCN(CCCN(C)C)Cc1cnc(N)cn1. The first kappa shape index (κ1) is 13.9. The van der Waals surface area contributed by atoms with Gasteiger partial charge >= 0.3 is 0 Å². The van der Waals surface area contributed by atoms with E-state index in [-0.39, 0.29) is 0 Å². The molecule has 1 heterocycles. The van der Waals surface area contributed by atoms with Crippen LogP contribution in [-0.2, 0) is 6.54 Å². The highest BCUT2D eigenvalue weighted by Crippen LogP contribution is 2.02. The van der Waals surface area contributed by atoms with Crippen LogP contribution in [-0.4, -0.2) is 53.5 Å². The molecule has 0 spiro atoms. The Morgan fingerprint density at radius 3 is 2.47 bits per heavy atom. The van der Waals surface area contributed by atoms with Crippen LogP contribution in [0.3, 0.4) is 0 Å². The molecule has 0 aromatic carbocycles. The van der Waals surface area contributed by atoms with Gasteiger partial charge in [-0.05, 0) is 40.2 Å². The van der Waals surface area contributed by atoms with Crippen molar-refractivity contribution < 1.29 is 0 Å². The number of hydrogen-bond acceptors (Lipinski definition) is 5. The summed E-state index contributed by atoms with van der Waals surface area (Å²) in [5.74, 6) is 0.476. The lowest BCUT2D eigenvalue weighted by atomic mass is 10.3. The van der Waals surface area contributed by atoms with Gasteiger partial charge in [0.2, 0.25) is 0 Å². The Morgan fingerprint density at radius 1 is 1.18 bits per heavy atom. The topological polar surface area (TPSA) is 58.3 Å². The summed E-state index contributed by atoms with van der Waals surface area (Å²) >= 11 is 0. The highest BCUT2D eigenvalue weighted by molar-refractivity contribution is 5.22. The maximum absolute atomic E-state index is 5.51. The molecular weight excluding hydrogens is 214 g/mol. The summed E-state index contributed by atoms with van der Waals surface area (Å²) in [6, 6.07) is 0. The van der Waals surface area contributed by atoms with Crippen molar-refractivity contribution in [2.24, 2.45) is 0 Å². The zero-order valence-electron chi connectivity index (χ0n) is 11.1. The molecule has 5 heteroatoms. The molecular formula is C12H23N5. The maximum atomic E-state index is 5.51. The van der Waals surface area contributed by atoms with Crippen LogP contribution < -0.4 is 5.73 Å². The molecule has 0 bridgehead atoms. The average molecular weight is 237 g/mol. The zero-order valence-corrected chi connectivity index (χ0v) is 11.1. The lowest BCUT2D eigenvalue weighted by Gasteiger charge is -2.20. The second-order valence-corrected chi connectivity index (χ2v) is 4.46. The van der Waals surface area contributed by atoms with Crippen LogP contribution in [0, 0.1) is 0 Å². The van der Waals surface area contributed by atoms with Gasteiger partial charge in [0.15, 0.2) is 0 Å². The predicted molar refractivity (Wildman–Crippen MR) is 70.6 cm³/mol. The van der Waals surface area contributed by atoms with Gasteiger partial charge in [-0.1, -0.05) is 6.92 Å². The van der Waals surface area contributed by atoms with Gasteiger partial charge in [0.25, 0.3) is 0 Å². The first-order valence-corrected chi connectivity index (χ1v) is 6.05. The van der Waals surface area contributed by atoms with Crippen molar-refractivity contribution in [3.05, 3.63) is 18.1 Å². The minimum Gasteiger partial charge on any atom is -0.382 e. The molecule has 0 atom stereocenters. The van der Waals surface area contributed by atoms with E-state index in [1.165, 1.54) is 6.42 Å².